The van der Waals surface area contributed by atoms with Crippen LogP contribution in [0.15, 0.2) is 48.5 Å². The van der Waals surface area contributed by atoms with E-state index in [0.29, 0.717) is 27.8 Å². The molecule has 0 spiro atoms. The highest BCUT2D eigenvalue weighted by Gasteiger charge is 2.14. The molecule has 0 amide bonds. The van der Waals surface area contributed by atoms with Gasteiger partial charge in [0.25, 0.3) is 0 Å². The van der Waals surface area contributed by atoms with Gasteiger partial charge in [0.05, 0.1) is 23.8 Å². The minimum absolute atomic E-state index is 0.300. The molecular weight excluding hydrogens is 335 g/mol. The number of ether oxygens (including phenoxy) is 2. The molecule has 0 bridgehead atoms. The summed E-state index contributed by atoms with van der Waals surface area (Å²) in [5.41, 5.74) is 2.11. The number of hydrogen-bond donors (Lipinski definition) is 0. The lowest BCUT2D eigenvalue weighted by atomic mass is 9.97. The zero-order valence-corrected chi connectivity index (χ0v) is 14.3. The molecule has 23 heavy (non-hydrogen) atoms. The second kappa shape index (κ2) is 8.04. The molecule has 0 aromatic heterocycles. The first-order valence-corrected chi connectivity index (χ1v) is 7.79. The van der Waals surface area contributed by atoms with Crippen LogP contribution >= 0.6 is 23.2 Å². The van der Waals surface area contributed by atoms with Gasteiger partial charge in [-0.3, -0.25) is 0 Å². The van der Waals surface area contributed by atoms with Gasteiger partial charge in [0.2, 0.25) is 0 Å². The van der Waals surface area contributed by atoms with Crippen LogP contribution in [0.25, 0.3) is 5.57 Å². The number of carbonyl (C=O) groups is 1. The molecule has 120 valence electrons. The molecule has 0 saturated heterocycles. The van der Waals surface area contributed by atoms with Gasteiger partial charge in [-0.25, -0.2) is 4.79 Å². The summed E-state index contributed by atoms with van der Waals surface area (Å²) in [6.45, 7) is 2.06. The third kappa shape index (κ3) is 4.27. The zero-order chi connectivity index (χ0) is 16.8. The highest BCUT2D eigenvalue weighted by molar-refractivity contribution is 6.43. The van der Waals surface area contributed by atoms with Crippen LogP contribution in [0.3, 0.4) is 0 Å². The van der Waals surface area contributed by atoms with Crippen LogP contribution in [-0.2, 0) is 9.53 Å². The predicted octanol–water partition coefficient (Wildman–Crippen LogP) is 5.00. The Bertz CT molecular complexity index is 722. The summed E-state index contributed by atoms with van der Waals surface area (Å²) < 4.78 is 10.2. The zero-order valence-electron chi connectivity index (χ0n) is 12.8. The van der Waals surface area contributed by atoms with E-state index in [-0.39, 0.29) is 0 Å². The van der Waals surface area contributed by atoms with E-state index in [1.807, 2.05) is 30.3 Å². The monoisotopic (exact) mass is 350 g/mol. The average Bonchev–Trinajstić information content (AvgIpc) is 2.56. The van der Waals surface area contributed by atoms with Crippen LogP contribution in [-0.4, -0.2) is 19.7 Å². The van der Waals surface area contributed by atoms with Crippen molar-refractivity contribution >= 4 is 34.7 Å². The van der Waals surface area contributed by atoms with Crippen molar-refractivity contribution in [2.75, 3.05) is 13.7 Å². The molecule has 0 aliphatic heterocycles. The average molecular weight is 351 g/mol. The van der Waals surface area contributed by atoms with Crippen molar-refractivity contribution in [3.8, 4) is 5.75 Å². The number of carbonyl (C=O) groups excluding carboxylic acids is 1. The summed E-state index contributed by atoms with van der Waals surface area (Å²) in [5, 5.41) is 0.813. The fourth-order valence-electron chi connectivity index (χ4n) is 2.10. The number of benzene rings is 2. The molecule has 0 aliphatic rings. The molecule has 5 heteroatoms. The first kappa shape index (κ1) is 17.4. The van der Waals surface area contributed by atoms with Crippen LogP contribution in [0.1, 0.15) is 18.1 Å². The van der Waals surface area contributed by atoms with Crippen molar-refractivity contribution in [2.24, 2.45) is 0 Å². The Morgan fingerprint density at radius 1 is 1.13 bits per heavy atom. The minimum atomic E-state index is -0.436. The second-order valence-corrected chi connectivity index (χ2v) is 5.43. The summed E-state index contributed by atoms with van der Waals surface area (Å²) in [6.07, 6.45) is 1.42. The fourth-order valence-corrected chi connectivity index (χ4v) is 2.50. The number of esters is 1. The predicted molar refractivity (Wildman–Crippen MR) is 93.2 cm³/mol. The molecule has 2 aromatic rings. The van der Waals surface area contributed by atoms with Gasteiger partial charge in [-0.1, -0.05) is 47.5 Å². The summed E-state index contributed by atoms with van der Waals surface area (Å²) in [6, 6.07) is 12.6. The van der Waals surface area contributed by atoms with Gasteiger partial charge in [-0.15, -0.1) is 0 Å². The van der Waals surface area contributed by atoms with Crippen molar-refractivity contribution in [3.63, 3.8) is 0 Å². The largest absolute Gasteiger partial charge is 0.497 e. The third-order valence-electron chi connectivity index (χ3n) is 3.19. The number of halogens is 2. The maximum atomic E-state index is 11.9. The van der Waals surface area contributed by atoms with Crippen molar-refractivity contribution in [1.82, 2.24) is 0 Å². The van der Waals surface area contributed by atoms with Crippen molar-refractivity contribution in [2.45, 2.75) is 6.92 Å². The van der Waals surface area contributed by atoms with Gasteiger partial charge in [0.15, 0.2) is 0 Å². The molecule has 0 atom stereocenters. The fraction of sp³-hybridized carbons (Fsp3) is 0.167. The minimum Gasteiger partial charge on any atom is -0.497 e. The normalized spacial score (nSPS) is 11.2. The number of rotatable bonds is 5. The maximum absolute atomic E-state index is 11.9. The van der Waals surface area contributed by atoms with E-state index in [2.05, 4.69) is 0 Å². The highest BCUT2D eigenvalue weighted by atomic mass is 35.5. The van der Waals surface area contributed by atoms with E-state index in [1.165, 1.54) is 6.08 Å². The lowest BCUT2D eigenvalue weighted by molar-refractivity contribution is -0.137. The van der Waals surface area contributed by atoms with E-state index in [0.717, 1.165) is 11.3 Å². The Morgan fingerprint density at radius 2 is 1.83 bits per heavy atom. The SMILES string of the molecule is CCOC(=O)/C=C(/c1ccc(OC)cc1)c1cccc(Cl)c1Cl. The molecule has 0 radical (unpaired) electrons. The van der Waals surface area contributed by atoms with Gasteiger partial charge in [0, 0.05) is 11.6 Å². The van der Waals surface area contributed by atoms with Crippen molar-refractivity contribution < 1.29 is 14.3 Å². The number of hydrogen-bond acceptors (Lipinski definition) is 3. The molecule has 0 aliphatic carbocycles. The van der Waals surface area contributed by atoms with Crippen LogP contribution in [0.4, 0.5) is 0 Å². The Hall–Kier alpha value is -1.97. The van der Waals surface area contributed by atoms with E-state index in [4.69, 9.17) is 32.7 Å². The van der Waals surface area contributed by atoms with Gasteiger partial charge < -0.3 is 9.47 Å². The first-order valence-electron chi connectivity index (χ1n) is 7.04. The summed E-state index contributed by atoms with van der Waals surface area (Å²) >= 11 is 12.4. The lowest BCUT2D eigenvalue weighted by Crippen LogP contribution is -2.02. The van der Waals surface area contributed by atoms with Crippen LogP contribution in [0.5, 0.6) is 5.75 Å². The van der Waals surface area contributed by atoms with Crippen molar-refractivity contribution in [1.29, 1.82) is 0 Å². The van der Waals surface area contributed by atoms with E-state index < -0.39 is 5.97 Å². The van der Waals surface area contributed by atoms with E-state index >= 15 is 0 Å². The van der Waals surface area contributed by atoms with Crippen LogP contribution < -0.4 is 4.74 Å². The Morgan fingerprint density at radius 3 is 2.43 bits per heavy atom. The van der Waals surface area contributed by atoms with Gasteiger partial charge >= 0.3 is 5.97 Å². The van der Waals surface area contributed by atoms with Gasteiger partial charge in [0.1, 0.15) is 5.75 Å². The molecule has 2 aromatic carbocycles. The molecule has 0 heterocycles. The summed E-state index contributed by atoms with van der Waals surface area (Å²) in [4.78, 5) is 11.9. The van der Waals surface area contributed by atoms with Crippen LogP contribution in [0, 0.1) is 0 Å². The topological polar surface area (TPSA) is 35.5 Å². The Balaban J connectivity index is 2.55. The van der Waals surface area contributed by atoms with Crippen LogP contribution in [0.2, 0.25) is 10.0 Å². The smallest absolute Gasteiger partial charge is 0.331 e. The molecule has 0 unspecified atom stereocenters. The highest BCUT2D eigenvalue weighted by Crippen LogP contribution is 2.34. The molecular formula is C18H16Cl2O3. The van der Waals surface area contributed by atoms with E-state index in [1.54, 1.807) is 26.2 Å². The summed E-state index contributed by atoms with van der Waals surface area (Å²) in [5.74, 6) is 0.288. The molecule has 0 N–H and O–H groups in total. The second-order valence-electron chi connectivity index (χ2n) is 4.64. The molecule has 3 nitrogen and oxygen atoms in total. The summed E-state index contributed by atoms with van der Waals surface area (Å²) in [7, 11) is 1.60. The molecule has 0 fully saturated rings. The number of methoxy groups -OCH3 is 1. The Kier molecular flexibility index (Phi) is 6.08. The third-order valence-corrected chi connectivity index (χ3v) is 4.01. The first-order chi connectivity index (χ1) is 11.1. The Labute approximate surface area is 145 Å². The molecule has 2 rings (SSSR count). The molecule has 0 saturated carbocycles. The van der Waals surface area contributed by atoms with E-state index in [9.17, 15) is 4.79 Å². The lowest BCUT2D eigenvalue weighted by Gasteiger charge is -2.12. The van der Waals surface area contributed by atoms with Gasteiger partial charge in [-0.05, 0) is 36.3 Å². The van der Waals surface area contributed by atoms with Gasteiger partial charge in [-0.2, -0.15) is 0 Å². The maximum Gasteiger partial charge on any atom is 0.331 e. The van der Waals surface area contributed by atoms with Crippen molar-refractivity contribution in [3.05, 3.63) is 69.7 Å². The quantitative estimate of drug-likeness (QED) is 0.562. The standard InChI is InChI=1S/C18H16Cl2O3/c1-3-23-17(21)11-15(12-7-9-13(22-2)10-8-12)14-5-4-6-16(19)18(14)20/h4-11H,3H2,1-2H3/b15-11-.